The minimum atomic E-state index is -0.122. The number of benzene rings is 1. The third-order valence-corrected chi connectivity index (χ3v) is 2.51. The van der Waals surface area contributed by atoms with Crippen LogP contribution in [0.15, 0.2) is 42.4 Å². The molecule has 1 aliphatic rings. The van der Waals surface area contributed by atoms with Gasteiger partial charge in [-0.2, -0.15) is 0 Å². The fraction of sp³-hybridized carbons (Fsp3) is 0.385. The third kappa shape index (κ3) is 3.47. The molecule has 4 heteroatoms. The molecule has 2 N–H and O–H groups in total. The fourth-order valence-corrected chi connectivity index (χ4v) is 1.70. The lowest BCUT2D eigenvalue weighted by molar-refractivity contribution is 0.0170. The van der Waals surface area contributed by atoms with Crippen molar-refractivity contribution >= 4 is 0 Å². The molecule has 1 aliphatic heterocycles. The van der Waals surface area contributed by atoms with E-state index in [0.717, 1.165) is 12.2 Å². The lowest BCUT2D eigenvalue weighted by Gasteiger charge is -2.17. The second kappa shape index (κ2) is 6.27. The smallest absolute Gasteiger partial charge is 0.230 e. The van der Waals surface area contributed by atoms with Gasteiger partial charge in [-0.1, -0.05) is 30.3 Å². The highest BCUT2D eigenvalue weighted by Crippen LogP contribution is 2.18. The Bertz CT molecular complexity index is 364. The molecule has 0 saturated heterocycles. The van der Waals surface area contributed by atoms with Gasteiger partial charge < -0.3 is 19.9 Å². The number of hydrogen-bond donors (Lipinski definition) is 1. The van der Waals surface area contributed by atoms with Gasteiger partial charge in [-0.25, -0.2) is 0 Å². The van der Waals surface area contributed by atoms with Gasteiger partial charge in [0, 0.05) is 13.0 Å². The summed E-state index contributed by atoms with van der Waals surface area (Å²) in [5, 5.41) is 0. The van der Waals surface area contributed by atoms with Crippen molar-refractivity contribution in [1.29, 1.82) is 0 Å². The lowest BCUT2D eigenvalue weighted by atomic mass is 10.1. The van der Waals surface area contributed by atoms with Crippen LogP contribution in [0.4, 0.5) is 0 Å². The van der Waals surface area contributed by atoms with E-state index in [4.69, 9.17) is 19.9 Å². The summed E-state index contributed by atoms with van der Waals surface area (Å²) in [4.78, 5) is 0. The molecule has 0 saturated carbocycles. The monoisotopic (exact) mass is 235 g/mol. The van der Waals surface area contributed by atoms with E-state index in [0.29, 0.717) is 13.2 Å². The molecule has 0 amide bonds. The third-order valence-electron chi connectivity index (χ3n) is 2.51. The molecule has 92 valence electrons. The van der Waals surface area contributed by atoms with E-state index in [1.54, 1.807) is 6.26 Å². The second-order valence-corrected chi connectivity index (χ2v) is 3.79. The second-order valence-electron chi connectivity index (χ2n) is 3.79. The van der Waals surface area contributed by atoms with Crippen molar-refractivity contribution in [3.8, 4) is 0 Å². The van der Waals surface area contributed by atoms with E-state index in [2.05, 4.69) is 12.1 Å². The molecule has 4 nitrogen and oxygen atoms in total. The van der Waals surface area contributed by atoms with Crippen LogP contribution in [0.2, 0.25) is 0 Å². The number of ether oxygens (including phenoxy) is 3. The highest BCUT2D eigenvalue weighted by Gasteiger charge is 2.20. The molecule has 1 aromatic rings. The van der Waals surface area contributed by atoms with Gasteiger partial charge in [-0.15, -0.1) is 0 Å². The van der Waals surface area contributed by atoms with Gasteiger partial charge in [0.2, 0.25) is 6.79 Å². The zero-order chi connectivity index (χ0) is 11.9. The molecule has 1 aromatic carbocycles. The Labute approximate surface area is 101 Å². The lowest BCUT2D eigenvalue weighted by Crippen LogP contribution is -2.23. The first-order valence-electron chi connectivity index (χ1n) is 5.70. The summed E-state index contributed by atoms with van der Waals surface area (Å²) in [6.07, 6.45) is 2.25. The molecule has 0 aromatic heterocycles. The average molecular weight is 235 g/mol. The molecule has 2 rings (SSSR count). The molecule has 0 spiro atoms. The summed E-state index contributed by atoms with van der Waals surface area (Å²) in [6, 6.07) is 10.1. The topological polar surface area (TPSA) is 53.7 Å². The molecule has 0 fully saturated rings. The number of hydrogen-bond acceptors (Lipinski definition) is 4. The molecular weight excluding hydrogens is 218 g/mol. The van der Waals surface area contributed by atoms with Crippen molar-refractivity contribution in [2.45, 2.75) is 12.5 Å². The molecule has 1 heterocycles. The quantitative estimate of drug-likeness (QED) is 0.810. The molecule has 0 radical (unpaired) electrons. The first-order valence-corrected chi connectivity index (χ1v) is 5.70. The van der Waals surface area contributed by atoms with Gasteiger partial charge in [-0.3, -0.25) is 0 Å². The molecule has 1 atom stereocenters. The van der Waals surface area contributed by atoms with Gasteiger partial charge in [0.15, 0.2) is 5.76 Å². The van der Waals surface area contributed by atoms with Crippen molar-refractivity contribution in [1.82, 2.24) is 0 Å². The summed E-state index contributed by atoms with van der Waals surface area (Å²) in [5.74, 6) is 0.738. The molecule has 0 bridgehead atoms. The van der Waals surface area contributed by atoms with Crippen molar-refractivity contribution < 1.29 is 14.2 Å². The standard InChI is InChI=1S/C13H17NO3/c14-6-7-16-12(13-9-15-10-17-13)8-11-4-2-1-3-5-11/h1-5,9,12H,6-8,10,14H2. The maximum Gasteiger partial charge on any atom is 0.230 e. The largest absolute Gasteiger partial charge is 0.462 e. The predicted molar refractivity (Wildman–Crippen MR) is 64.1 cm³/mol. The van der Waals surface area contributed by atoms with Crippen molar-refractivity contribution in [3.63, 3.8) is 0 Å². The van der Waals surface area contributed by atoms with Crippen LogP contribution in [-0.4, -0.2) is 26.0 Å². The molecular formula is C13H17NO3. The molecule has 0 aliphatic carbocycles. The van der Waals surface area contributed by atoms with Crippen LogP contribution < -0.4 is 5.73 Å². The van der Waals surface area contributed by atoms with Crippen LogP contribution in [0.25, 0.3) is 0 Å². The Balaban J connectivity index is 2.00. The van der Waals surface area contributed by atoms with E-state index >= 15 is 0 Å². The van der Waals surface area contributed by atoms with Crippen molar-refractivity contribution in [3.05, 3.63) is 47.9 Å². The molecule has 1 unspecified atom stereocenters. The first-order chi connectivity index (χ1) is 8.40. The van der Waals surface area contributed by atoms with Gasteiger partial charge in [0.05, 0.1) is 6.61 Å². The van der Waals surface area contributed by atoms with Crippen LogP contribution >= 0.6 is 0 Å². The Hall–Kier alpha value is -1.52. The summed E-state index contributed by atoms with van der Waals surface area (Å²) >= 11 is 0. The maximum absolute atomic E-state index is 5.68. The van der Waals surface area contributed by atoms with Crippen LogP contribution in [0.3, 0.4) is 0 Å². The van der Waals surface area contributed by atoms with Gasteiger partial charge in [0.25, 0.3) is 0 Å². The van der Waals surface area contributed by atoms with Gasteiger partial charge in [-0.05, 0) is 5.56 Å². The zero-order valence-corrected chi connectivity index (χ0v) is 9.67. The van der Waals surface area contributed by atoms with Gasteiger partial charge in [0.1, 0.15) is 12.4 Å². The minimum Gasteiger partial charge on any atom is -0.462 e. The Morgan fingerprint density at radius 2 is 2.12 bits per heavy atom. The average Bonchev–Trinajstić information content (AvgIpc) is 2.89. The molecule has 17 heavy (non-hydrogen) atoms. The van der Waals surface area contributed by atoms with E-state index in [1.807, 2.05) is 18.2 Å². The van der Waals surface area contributed by atoms with E-state index in [1.165, 1.54) is 5.56 Å². The van der Waals surface area contributed by atoms with Crippen LogP contribution in [0, 0.1) is 0 Å². The van der Waals surface area contributed by atoms with Gasteiger partial charge >= 0.3 is 0 Å². The van der Waals surface area contributed by atoms with E-state index in [-0.39, 0.29) is 12.9 Å². The zero-order valence-electron chi connectivity index (χ0n) is 9.67. The summed E-state index contributed by atoms with van der Waals surface area (Å²) in [5.41, 5.74) is 6.65. The summed E-state index contributed by atoms with van der Waals surface area (Å²) in [7, 11) is 0. The highest BCUT2D eigenvalue weighted by molar-refractivity contribution is 5.18. The van der Waals surface area contributed by atoms with E-state index < -0.39 is 0 Å². The van der Waals surface area contributed by atoms with E-state index in [9.17, 15) is 0 Å². The Kier molecular flexibility index (Phi) is 4.41. The van der Waals surface area contributed by atoms with Crippen molar-refractivity contribution in [2.24, 2.45) is 5.73 Å². The number of rotatable bonds is 6. The summed E-state index contributed by atoms with van der Waals surface area (Å²) < 4.78 is 16.1. The number of nitrogens with two attached hydrogens (primary N) is 1. The fourth-order valence-electron chi connectivity index (χ4n) is 1.70. The van der Waals surface area contributed by atoms with Crippen molar-refractivity contribution in [2.75, 3.05) is 19.9 Å². The predicted octanol–water partition coefficient (Wildman–Crippen LogP) is 1.42. The van der Waals surface area contributed by atoms with Crippen LogP contribution in [0.5, 0.6) is 0 Å². The van der Waals surface area contributed by atoms with Crippen LogP contribution in [0.1, 0.15) is 5.56 Å². The maximum atomic E-state index is 5.68. The van der Waals surface area contributed by atoms with Crippen LogP contribution in [-0.2, 0) is 20.6 Å². The Morgan fingerprint density at radius 1 is 1.29 bits per heavy atom. The highest BCUT2D eigenvalue weighted by atomic mass is 16.7. The first kappa shape index (κ1) is 12.0. The summed E-state index contributed by atoms with van der Waals surface area (Å²) in [6.45, 7) is 1.28. The normalized spacial score (nSPS) is 15.9. The minimum absolute atomic E-state index is 0.122. The Morgan fingerprint density at radius 3 is 2.76 bits per heavy atom. The SMILES string of the molecule is NCCOC(Cc1ccccc1)C1=COCO1.